The van der Waals surface area contributed by atoms with E-state index in [0.29, 0.717) is 13.2 Å². The number of nitrogens with zero attached hydrogens (tertiary/aromatic N) is 2. The second kappa shape index (κ2) is 14.6. The lowest BCUT2D eigenvalue weighted by atomic mass is 9.97. The molecule has 0 bridgehead atoms. The monoisotopic (exact) mass is 508 g/mol. The standard InChI is InChI=1S/C29H40N4O4/c1-30-14-15-33(2)22-25-21-31-32-29(25)24-3-5-26(6-4-24)36-19-20-37-28-9-7-27(8-10-28)35-18-13-23-11-16-34-17-12-23/h3-10,21,23,30H,11-20,22H2,1-2H3,(H,31,32). The van der Waals surface area contributed by atoms with E-state index in [1.807, 2.05) is 61.8 Å². The third-order valence-corrected chi connectivity index (χ3v) is 6.61. The van der Waals surface area contributed by atoms with E-state index in [9.17, 15) is 0 Å². The molecule has 1 aliphatic heterocycles. The van der Waals surface area contributed by atoms with Crippen LogP contribution in [0.2, 0.25) is 0 Å². The first-order valence-corrected chi connectivity index (χ1v) is 13.2. The average Bonchev–Trinajstić information content (AvgIpc) is 3.39. The van der Waals surface area contributed by atoms with Crippen LogP contribution >= 0.6 is 0 Å². The molecule has 2 N–H and O–H groups in total. The molecule has 8 heteroatoms. The molecule has 0 atom stereocenters. The number of hydrogen-bond acceptors (Lipinski definition) is 7. The zero-order valence-corrected chi connectivity index (χ0v) is 22.1. The summed E-state index contributed by atoms with van der Waals surface area (Å²) in [5.74, 6) is 3.21. The van der Waals surface area contributed by atoms with Crippen LogP contribution in [0.5, 0.6) is 17.2 Å². The minimum absolute atomic E-state index is 0.465. The van der Waals surface area contributed by atoms with E-state index < -0.39 is 0 Å². The molecular formula is C29H40N4O4. The number of nitrogens with one attached hydrogen (secondary N) is 2. The van der Waals surface area contributed by atoms with E-state index >= 15 is 0 Å². The maximum atomic E-state index is 5.89. The number of likely N-dealkylation sites (N-methyl/N-ethyl adjacent to an activating group) is 2. The van der Waals surface area contributed by atoms with Crippen LogP contribution in [0.3, 0.4) is 0 Å². The van der Waals surface area contributed by atoms with Crippen LogP contribution in [0.4, 0.5) is 0 Å². The molecule has 0 unspecified atom stereocenters. The Morgan fingerprint density at radius 3 is 2.14 bits per heavy atom. The maximum Gasteiger partial charge on any atom is 0.122 e. The third-order valence-electron chi connectivity index (χ3n) is 6.61. The largest absolute Gasteiger partial charge is 0.494 e. The summed E-state index contributed by atoms with van der Waals surface area (Å²) in [6.45, 7) is 6.21. The molecular weight excluding hydrogens is 468 g/mol. The van der Waals surface area contributed by atoms with Gasteiger partial charge in [-0.2, -0.15) is 5.10 Å². The highest BCUT2D eigenvalue weighted by molar-refractivity contribution is 5.63. The van der Waals surface area contributed by atoms with Crippen molar-refractivity contribution in [2.24, 2.45) is 5.92 Å². The summed E-state index contributed by atoms with van der Waals surface area (Å²) in [7, 11) is 4.08. The first-order valence-electron chi connectivity index (χ1n) is 13.2. The van der Waals surface area contributed by atoms with Gasteiger partial charge in [-0.3, -0.25) is 5.10 Å². The molecule has 1 aliphatic rings. The minimum atomic E-state index is 0.465. The molecule has 0 amide bonds. The van der Waals surface area contributed by atoms with Crippen molar-refractivity contribution >= 4 is 0 Å². The van der Waals surface area contributed by atoms with Gasteiger partial charge < -0.3 is 29.2 Å². The Labute approximate surface area is 220 Å². The molecule has 3 aromatic rings. The highest BCUT2D eigenvalue weighted by Gasteiger charge is 2.14. The lowest BCUT2D eigenvalue weighted by Crippen LogP contribution is -2.26. The van der Waals surface area contributed by atoms with E-state index in [2.05, 4.69) is 27.5 Å². The van der Waals surface area contributed by atoms with Crippen molar-refractivity contribution in [3.05, 3.63) is 60.3 Å². The van der Waals surface area contributed by atoms with Gasteiger partial charge in [0.25, 0.3) is 0 Å². The van der Waals surface area contributed by atoms with Gasteiger partial charge in [-0.25, -0.2) is 0 Å². The quantitative estimate of drug-likeness (QED) is 0.295. The van der Waals surface area contributed by atoms with E-state index in [1.54, 1.807) is 0 Å². The first kappa shape index (κ1) is 27.0. The van der Waals surface area contributed by atoms with Gasteiger partial charge in [-0.05, 0) is 87.8 Å². The van der Waals surface area contributed by atoms with Crippen molar-refractivity contribution in [2.75, 3.05) is 60.2 Å². The van der Waals surface area contributed by atoms with Crippen LogP contribution in [-0.2, 0) is 11.3 Å². The van der Waals surface area contributed by atoms with Crippen LogP contribution in [0.25, 0.3) is 11.3 Å². The van der Waals surface area contributed by atoms with Crippen molar-refractivity contribution in [1.29, 1.82) is 0 Å². The highest BCUT2D eigenvalue weighted by Crippen LogP contribution is 2.25. The second-order valence-electron chi connectivity index (χ2n) is 9.49. The van der Waals surface area contributed by atoms with Gasteiger partial charge in [0.1, 0.15) is 30.5 Å². The van der Waals surface area contributed by atoms with Crippen molar-refractivity contribution in [2.45, 2.75) is 25.8 Å². The van der Waals surface area contributed by atoms with Crippen molar-refractivity contribution < 1.29 is 18.9 Å². The summed E-state index contributed by atoms with van der Waals surface area (Å²) in [6.07, 6.45) is 5.33. The molecule has 8 nitrogen and oxygen atoms in total. The Bertz CT molecular complexity index is 1030. The van der Waals surface area contributed by atoms with Crippen molar-refractivity contribution in [3.8, 4) is 28.5 Å². The third kappa shape index (κ3) is 8.77. The summed E-state index contributed by atoms with van der Waals surface area (Å²) in [5.41, 5.74) is 3.22. The Hall–Kier alpha value is -3.07. The summed E-state index contributed by atoms with van der Waals surface area (Å²) in [5, 5.41) is 10.6. The molecule has 0 aliphatic carbocycles. The molecule has 0 spiro atoms. The molecule has 1 fully saturated rings. The van der Waals surface area contributed by atoms with E-state index in [1.165, 1.54) is 5.56 Å². The Morgan fingerprint density at radius 2 is 1.51 bits per heavy atom. The normalized spacial score (nSPS) is 14.1. The van der Waals surface area contributed by atoms with Crippen molar-refractivity contribution in [1.82, 2.24) is 20.4 Å². The SMILES string of the molecule is CNCCN(C)Cc1c[nH]nc1-c1ccc(OCCOc2ccc(OCCC3CCOCC3)cc2)cc1. The van der Waals surface area contributed by atoms with Crippen LogP contribution in [0, 0.1) is 5.92 Å². The zero-order valence-electron chi connectivity index (χ0n) is 22.1. The Morgan fingerprint density at radius 1 is 0.919 bits per heavy atom. The maximum absolute atomic E-state index is 5.89. The molecule has 200 valence electrons. The summed E-state index contributed by atoms with van der Waals surface area (Å²) in [4.78, 5) is 2.28. The average molecular weight is 509 g/mol. The Kier molecular flexibility index (Phi) is 10.7. The number of ether oxygens (including phenoxy) is 4. The van der Waals surface area contributed by atoms with Crippen LogP contribution < -0.4 is 19.5 Å². The van der Waals surface area contributed by atoms with Crippen LogP contribution in [0.15, 0.2) is 54.7 Å². The fraction of sp³-hybridized carbons (Fsp3) is 0.483. The van der Waals surface area contributed by atoms with Gasteiger partial charge in [0.05, 0.1) is 12.3 Å². The first-order chi connectivity index (χ1) is 18.2. The van der Waals surface area contributed by atoms with Gasteiger partial charge in [-0.15, -0.1) is 0 Å². The lowest BCUT2D eigenvalue weighted by molar-refractivity contribution is 0.0593. The molecule has 37 heavy (non-hydrogen) atoms. The Balaban J connectivity index is 1.15. The van der Waals surface area contributed by atoms with Gasteiger partial charge in [0.2, 0.25) is 0 Å². The number of aromatic nitrogens is 2. The summed E-state index contributed by atoms with van der Waals surface area (Å²) >= 11 is 0. The number of hydrogen-bond donors (Lipinski definition) is 2. The fourth-order valence-electron chi connectivity index (χ4n) is 4.40. The summed E-state index contributed by atoms with van der Waals surface area (Å²) < 4.78 is 23.0. The number of aromatic amines is 1. The molecule has 2 heterocycles. The smallest absolute Gasteiger partial charge is 0.122 e. The summed E-state index contributed by atoms with van der Waals surface area (Å²) in [6, 6.07) is 15.8. The van der Waals surface area contributed by atoms with E-state index in [4.69, 9.17) is 18.9 Å². The van der Waals surface area contributed by atoms with Gasteiger partial charge in [0.15, 0.2) is 0 Å². The minimum Gasteiger partial charge on any atom is -0.494 e. The lowest BCUT2D eigenvalue weighted by Gasteiger charge is -2.21. The molecule has 4 rings (SSSR count). The second-order valence-corrected chi connectivity index (χ2v) is 9.49. The number of rotatable bonds is 15. The van der Waals surface area contributed by atoms with Gasteiger partial charge in [-0.1, -0.05) is 0 Å². The zero-order chi connectivity index (χ0) is 25.7. The fourth-order valence-corrected chi connectivity index (χ4v) is 4.40. The van der Waals surface area contributed by atoms with E-state index in [0.717, 1.165) is 93.1 Å². The molecule has 1 aromatic heterocycles. The predicted molar refractivity (Wildman–Crippen MR) is 145 cm³/mol. The van der Waals surface area contributed by atoms with Crippen LogP contribution in [-0.4, -0.2) is 75.3 Å². The highest BCUT2D eigenvalue weighted by atomic mass is 16.5. The number of H-pyrrole nitrogens is 1. The van der Waals surface area contributed by atoms with E-state index in [-0.39, 0.29) is 0 Å². The van der Waals surface area contributed by atoms with Gasteiger partial charge in [0, 0.05) is 50.2 Å². The van der Waals surface area contributed by atoms with Crippen LogP contribution in [0.1, 0.15) is 24.8 Å². The van der Waals surface area contributed by atoms with Crippen molar-refractivity contribution in [3.63, 3.8) is 0 Å². The molecule has 2 aromatic carbocycles. The topological polar surface area (TPSA) is 80.9 Å². The molecule has 0 radical (unpaired) electrons. The number of benzene rings is 2. The molecule has 0 saturated carbocycles. The molecule has 1 saturated heterocycles. The predicted octanol–water partition coefficient (Wildman–Crippen LogP) is 4.38. The van der Waals surface area contributed by atoms with Gasteiger partial charge >= 0.3 is 0 Å².